The van der Waals surface area contributed by atoms with E-state index in [1.54, 1.807) is 66.4 Å². The van der Waals surface area contributed by atoms with Crippen molar-refractivity contribution in [2.75, 3.05) is 25.1 Å². The molecule has 7 atom stereocenters. The smallest absolute Gasteiger partial charge is 0.427 e. The maximum atomic E-state index is 15.3. The number of hydrogen-bond acceptors (Lipinski definition) is 11. The van der Waals surface area contributed by atoms with Crippen molar-refractivity contribution in [1.29, 1.82) is 0 Å². The van der Waals surface area contributed by atoms with Gasteiger partial charge in [-0.05, 0) is 108 Å². The molecule has 4 aliphatic rings. The monoisotopic (exact) mass is 996 g/mol. The van der Waals surface area contributed by atoms with Crippen LogP contribution >= 0.6 is 0 Å². The van der Waals surface area contributed by atoms with Crippen LogP contribution in [0.25, 0.3) is 10.8 Å². The number of methoxy groups -OCH3 is 1. The molecule has 1 saturated heterocycles. The Kier molecular flexibility index (Phi) is 14.9. The molecule has 5 amide bonds. The van der Waals surface area contributed by atoms with Crippen LogP contribution < -0.4 is 29.7 Å². The van der Waals surface area contributed by atoms with Gasteiger partial charge in [-0.1, -0.05) is 57.0 Å². The molecule has 3 N–H and O–H groups in total. The molecule has 2 aromatic carbocycles. The number of anilines is 1. The van der Waals surface area contributed by atoms with Crippen molar-refractivity contribution in [2.24, 2.45) is 17.8 Å². The fourth-order valence-electron chi connectivity index (χ4n) is 9.43. The molecule has 2 saturated carbocycles. The number of hydrogen-bond donors (Lipinski definition) is 3. The first-order valence-corrected chi connectivity index (χ1v) is 25.4. The molecule has 3 fully saturated rings. The van der Waals surface area contributed by atoms with Gasteiger partial charge in [0.15, 0.2) is 0 Å². The van der Waals surface area contributed by atoms with Gasteiger partial charge < -0.3 is 34.6 Å². The lowest BCUT2D eigenvalue weighted by Gasteiger charge is -2.35. The van der Waals surface area contributed by atoms with Crippen LogP contribution in [0.5, 0.6) is 11.6 Å². The van der Waals surface area contributed by atoms with Gasteiger partial charge in [-0.2, -0.15) is 13.2 Å². The molecule has 70 heavy (non-hydrogen) atoms. The minimum absolute atomic E-state index is 0.0195. The lowest BCUT2D eigenvalue weighted by molar-refractivity contribution is -0.244. The summed E-state index contributed by atoms with van der Waals surface area (Å²) in [7, 11) is -2.63. The standard InChI is InChI=1S/C50H63F3N6O10S/c1-8-30-16-14-15-19-33-27-49(33,45(63)57-70(65,66)48(6)22-23-48)56-41(60)38-26-35(29-59(38)44(62)40(31(9-2)24-30)55-46(64)69-47(4,5)50(51,52)53)68-42-36-21-20-34(67-7)25-37(36)39(28-54-42)58(10-3)43(61)32-17-12-11-13-18-32/h11-13,15,17-21,25,28,30-31,33,35,38,40H,8-10,14,16,22-24,26-27,29H2,1-7H3,(H,55,64)(H,56,60)(H,57,63)/b19-15-/t30-,31-,33+,35-,38+,40+,49-/m1/s1. The lowest BCUT2D eigenvalue weighted by Crippen LogP contribution is -2.60. The molecule has 2 aliphatic heterocycles. The predicted octanol–water partition coefficient (Wildman–Crippen LogP) is 7.36. The largest absolute Gasteiger partial charge is 0.497 e. The minimum atomic E-state index is -4.95. The van der Waals surface area contributed by atoms with E-state index in [4.69, 9.17) is 14.2 Å². The second-order valence-corrected chi connectivity index (χ2v) is 21.8. The Labute approximate surface area is 406 Å². The Hall–Kier alpha value is -5.92. The molecule has 20 heteroatoms. The van der Waals surface area contributed by atoms with Gasteiger partial charge in [-0.25, -0.2) is 18.2 Å². The first-order valence-electron chi connectivity index (χ1n) is 23.9. The second kappa shape index (κ2) is 20.1. The third-order valence-electron chi connectivity index (χ3n) is 14.5. The van der Waals surface area contributed by atoms with E-state index in [0.29, 0.717) is 86.6 Å². The number of carbonyl (C=O) groups is 5. The number of halogens is 3. The normalized spacial score (nSPS) is 26.3. The number of fused-ring (bicyclic) bond motifs is 3. The highest BCUT2D eigenvalue weighted by Gasteiger charge is 2.63. The fraction of sp³-hybridized carbons (Fsp3) is 0.560. The predicted molar refractivity (Wildman–Crippen MR) is 254 cm³/mol. The summed E-state index contributed by atoms with van der Waals surface area (Å²) in [5.41, 5.74) is -3.72. The van der Waals surface area contributed by atoms with E-state index in [-0.39, 0.29) is 43.6 Å². The molecule has 0 spiro atoms. The average Bonchev–Trinajstić information content (AvgIpc) is 4.20. The number of nitrogens with zero attached hydrogens (tertiary/aromatic N) is 3. The molecular formula is C50H63F3N6O10S. The van der Waals surface area contributed by atoms with Crippen molar-refractivity contribution >= 4 is 56.2 Å². The summed E-state index contributed by atoms with van der Waals surface area (Å²) in [4.78, 5) is 79.1. The number of carbonyl (C=O) groups excluding carboxylic acids is 5. The summed E-state index contributed by atoms with van der Waals surface area (Å²) in [5.74, 6) is -3.50. The van der Waals surface area contributed by atoms with E-state index in [2.05, 4.69) is 20.3 Å². The van der Waals surface area contributed by atoms with Crippen LogP contribution in [-0.4, -0.2) is 108 Å². The van der Waals surface area contributed by atoms with Crippen LogP contribution in [0, 0.1) is 17.8 Å². The Bertz CT molecular complexity index is 2630. The minimum Gasteiger partial charge on any atom is -0.497 e. The van der Waals surface area contributed by atoms with E-state index in [0.717, 1.165) is 0 Å². The van der Waals surface area contributed by atoms with Crippen LogP contribution in [0.1, 0.15) is 110 Å². The molecule has 16 nitrogen and oxygen atoms in total. The zero-order chi connectivity index (χ0) is 51.0. The van der Waals surface area contributed by atoms with Crippen molar-refractivity contribution in [1.82, 2.24) is 25.2 Å². The fourth-order valence-corrected chi connectivity index (χ4v) is 10.7. The Morgan fingerprint density at radius 3 is 2.34 bits per heavy atom. The third-order valence-corrected chi connectivity index (χ3v) is 16.7. The molecule has 3 aromatic rings. The highest BCUT2D eigenvalue weighted by molar-refractivity contribution is 7.91. The quantitative estimate of drug-likeness (QED) is 0.145. The molecule has 3 heterocycles. The number of alkyl carbamates (subject to hydrolysis) is 1. The van der Waals surface area contributed by atoms with E-state index in [1.165, 1.54) is 25.1 Å². The maximum absolute atomic E-state index is 15.3. The highest BCUT2D eigenvalue weighted by atomic mass is 32.2. The molecule has 380 valence electrons. The number of nitrogens with one attached hydrogen (secondary N) is 3. The summed E-state index contributed by atoms with van der Waals surface area (Å²) in [6.45, 7) is 8.51. The van der Waals surface area contributed by atoms with Crippen LogP contribution in [0.15, 0.2) is 66.9 Å². The lowest BCUT2D eigenvalue weighted by atomic mass is 9.83. The van der Waals surface area contributed by atoms with E-state index >= 15 is 4.79 Å². The van der Waals surface area contributed by atoms with E-state index in [1.807, 2.05) is 19.9 Å². The zero-order valence-electron chi connectivity index (χ0n) is 40.6. The van der Waals surface area contributed by atoms with E-state index < -0.39 is 85.9 Å². The van der Waals surface area contributed by atoms with Crippen LogP contribution in [0.3, 0.4) is 0 Å². The third kappa shape index (κ3) is 10.6. The van der Waals surface area contributed by atoms with Crippen LogP contribution in [-0.2, 0) is 29.1 Å². The number of allylic oxidation sites excluding steroid dienone is 1. The van der Waals surface area contributed by atoms with Gasteiger partial charge in [0, 0.05) is 35.2 Å². The van der Waals surface area contributed by atoms with Crippen molar-refractivity contribution < 1.29 is 59.8 Å². The van der Waals surface area contributed by atoms with Crippen molar-refractivity contribution in [3.63, 3.8) is 0 Å². The molecule has 2 aliphatic carbocycles. The summed E-state index contributed by atoms with van der Waals surface area (Å²) >= 11 is 0. The summed E-state index contributed by atoms with van der Waals surface area (Å²) in [6.07, 6.45) is 0.838. The van der Waals surface area contributed by atoms with Gasteiger partial charge in [-0.3, -0.25) is 23.9 Å². The molecule has 1 aromatic heterocycles. The Balaban J connectivity index is 1.28. The molecule has 7 rings (SSSR count). The number of alkyl halides is 3. The summed E-state index contributed by atoms with van der Waals surface area (Å²) in [6, 6.07) is 11.0. The molecule has 0 bridgehead atoms. The summed E-state index contributed by atoms with van der Waals surface area (Å²) < 4.78 is 86.9. The van der Waals surface area contributed by atoms with Gasteiger partial charge in [0.05, 0.1) is 30.3 Å². The van der Waals surface area contributed by atoms with Gasteiger partial charge in [0.25, 0.3) is 11.8 Å². The topological polar surface area (TPSA) is 203 Å². The molecule has 0 unspecified atom stereocenters. The number of benzene rings is 2. The molecule has 0 radical (unpaired) electrons. The van der Waals surface area contributed by atoms with Gasteiger partial charge in [0.1, 0.15) is 29.5 Å². The van der Waals surface area contributed by atoms with Gasteiger partial charge in [0.2, 0.25) is 33.3 Å². The van der Waals surface area contributed by atoms with Crippen molar-refractivity contribution in [3.8, 4) is 11.6 Å². The number of sulfonamides is 1. The Morgan fingerprint density at radius 2 is 1.71 bits per heavy atom. The highest BCUT2D eigenvalue weighted by Crippen LogP contribution is 2.48. The van der Waals surface area contributed by atoms with Crippen molar-refractivity contribution in [3.05, 3.63) is 72.4 Å². The van der Waals surface area contributed by atoms with E-state index in [9.17, 15) is 40.8 Å². The van der Waals surface area contributed by atoms with Gasteiger partial charge >= 0.3 is 12.3 Å². The average molecular weight is 997 g/mol. The van der Waals surface area contributed by atoms with Crippen LogP contribution in [0.4, 0.5) is 23.7 Å². The molecular weight excluding hydrogens is 934 g/mol. The number of rotatable bonds is 13. The number of ether oxygens (including phenoxy) is 3. The van der Waals surface area contributed by atoms with Crippen molar-refractivity contribution in [2.45, 2.75) is 140 Å². The number of aromatic nitrogens is 1. The second-order valence-electron chi connectivity index (χ2n) is 19.6. The zero-order valence-corrected chi connectivity index (χ0v) is 41.4. The first-order chi connectivity index (χ1) is 33.0. The van der Waals surface area contributed by atoms with Crippen LogP contribution in [0.2, 0.25) is 0 Å². The SMILES string of the molecule is CC[C@@H]1CC/C=C\[C@H]2C[C@@]2(C(=O)NS(=O)(=O)C2(C)CC2)NC(=O)[C@@H]2C[C@@H](Oc3ncc(N(CC)C(=O)c4ccccc4)c4cc(OC)ccc34)CN2C(=O)[C@@H](NC(=O)OC(C)(C)C(F)(F)F)[C@H](CC)C1. The maximum Gasteiger partial charge on any atom is 0.427 e. The van der Waals surface area contributed by atoms with Gasteiger partial charge in [-0.15, -0.1) is 0 Å². The Morgan fingerprint density at radius 1 is 1.00 bits per heavy atom. The first kappa shape index (κ1) is 51.9. The number of amides is 5. The number of pyridine rings is 1. The summed E-state index contributed by atoms with van der Waals surface area (Å²) in [5, 5.41) is 6.29.